The van der Waals surface area contributed by atoms with E-state index in [1.165, 1.54) is 0 Å². The van der Waals surface area contributed by atoms with Crippen LogP contribution in [0.2, 0.25) is 0 Å². The van der Waals surface area contributed by atoms with Crippen molar-refractivity contribution in [2.45, 2.75) is 0 Å². The van der Waals surface area contributed by atoms with Gasteiger partial charge in [-0.15, -0.1) is 0 Å². The van der Waals surface area contributed by atoms with Crippen molar-refractivity contribution < 1.29 is 49.5 Å². The van der Waals surface area contributed by atoms with Crippen molar-refractivity contribution in [1.82, 2.24) is 5.32 Å². The first-order chi connectivity index (χ1) is 7.27. The zero-order valence-electron chi connectivity index (χ0n) is 8.13. The average Bonchev–Trinajstić information content (AvgIpc) is 2.25. The minimum absolute atomic E-state index is 0. The van der Waals surface area contributed by atoms with Gasteiger partial charge in [0.2, 0.25) is 0 Å². The predicted octanol–water partition coefficient (Wildman–Crippen LogP) is 1.72. The normalized spacial score (nSPS) is 13.2. The number of hydrogen-bond donors (Lipinski definition) is 1. The van der Waals surface area contributed by atoms with Crippen molar-refractivity contribution >= 4 is 22.6 Å². The second kappa shape index (κ2) is 4.20. The van der Waals surface area contributed by atoms with Crippen LogP contribution in [0.1, 0.15) is 20.7 Å². The summed E-state index contributed by atoms with van der Waals surface area (Å²) in [5.41, 5.74) is 1.14. The molecule has 0 aromatic heterocycles. The minimum Gasteiger partial charge on any atom is -0.288 e. The van der Waals surface area contributed by atoms with E-state index in [9.17, 15) is 9.59 Å². The molecule has 0 fully saturated rings. The molecule has 0 spiro atoms. The Kier molecular flexibility index (Phi) is 3.06. The summed E-state index contributed by atoms with van der Waals surface area (Å²) >= 11 is 0. The van der Waals surface area contributed by atoms with Crippen LogP contribution in [-0.4, -0.2) is 11.8 Å². The Hall–Kier alpha value is -0.835. The SMILES string of the molecule is O=C1NC(=O)c2cccc3cccc1c23.[Gd]. The van der Waals surface area contributed by atoms with Crippen molar-refractivity contribution in [1.29, 1.82) is 0 Å². The van der Waals surface area contributed by atoms with E-state index < -0.39 is 0 Å². The summed E-state index contributed by atoms with van der Waals surface area (Å²) in [7, 11) is 0. The molecule has 0 unspecified atom stereocenters. The summed E-state index contributed by atoms with van der Waals surface area (Å²) in [6, 6.07) is 10.9. The van der Waals surface area contributed by atoms with Gasteiger partial charge in [-0.2, -0.15) is 0 Å². The molecule has 4 heteroatoms. The number of rotatable bonds is 0. The molecule has 2 aromatic rings. The van der Waals surface area contributed by atoms with Crippen LogP contribution >= 0.6 is 0 Å². The zero-order chi connectivity index (χ0) is 10.4. The van der Waals surface area contributed by atoms with Gasteiger partial charge in [-0.05, 0) is 17.5 Å². The molecule has 3 rings (SSSR count). The molecule has 0 radical (unpaired) electrons. The molecule has 0 saturated carbocycles. The smallest absolute Gasteiger partial charge is 0.258 e. The molecule has 0 saturated heterocycles. The summed E-state index contributed by atoms with van der Waals surface area (Å²) in [5, 5.41) is 4.00. The van der Waals surface area contributed by atoms with Gasteiger partial charge in [0.1, 0.15) is 0 Å². The van der Waals surface area contributed by atoms with E-state index in [0.717, 1.165) is 10.8 Å². The van der Waals surface area contributed by atoms with Crippen molar-refractivity contribution in [2.75, 3.05) is 0 Å². The van der Waals surface area contributed by atoms with E-state index in [0.29, 0.717) is 11.1 Å². The number of amides is 2. The van der Waals surface area contributed by atoms with Gasteiger partial charge in [-0.3, -0.25) is 14.9 Å². The summed E-state index contributed by atoms with van der Waals surface area (Å²) in [6.45, 7) is 0. The third kappa shape index (κ3) is 1.58. The molecule has 1 aliphatic heterocycles. The minimum atomic E-state index is -0.315. The third-order valence-corrected chi connectivity index (χ3v) is 2.62. The van der Waals surface area contributed by atoms with Crippen LogP contribution in [0.3, 0.4) is 0 Å². The Morgan fingerprint density at radius 1 is 0.812 bits per heavy atom. The van der Waals surface area contributed by atoms with E-state index >= 15 is 0 Å². The van der Waals surface area contributed by atoms with Crippen LogP contribution in [0, 0.1) is 39.9 Å². The Balaban J connectivity index is 0.000000963. The fourth-order valence-corrected chi connectivity index (χ4v) is 1.96. The topological polar surface area (TPSA) is 46.2 Å². The second-order valence-electron chi connectivity index (χ2n) is 3.49. The number of benzene rings is 2. The Morgan fingerprint density at radius 3 is 1.81 bits per heavy atom. The van der Waals surface area contributed by atoms with Gasteiger partial charge in [0.25, 0.3) is 11.8 Å². The molecule has 1 N–H and O–H groups in total. The zero-order valence-corrected chi connectivity index (χ0v) is 10.4. The molecule has 1 aliphatic rings. The molecule has 1 heterocycles. The van der Waals surface area contributed by atoms with Crippen LogP contribution in [0.5, 0.6) is 0 Å². The molecular weight excluding hydrogens is 347 g/mol. The van der Waals surface area contributed by atoms with Crippen molar-refractivity contribution in [3.8, 4) is 0 Å². The largest absolute Gasteiger partial charge is 0.288 e. The maximum atomic E-state index is 11.6. The third-order valence-electron chi connectivity index (χ3n) is 2.62. The number of imide groups is 1. The summed E-state index contributed by atoms with van der Waals surface area (Å²) in [4.78, 5) is 23.1. The molecule has 0 bridgehead atoms. The Bertz CT molecular complexity index is 558. The van der Waals surface area contributed by atoms with E-state index in [1.54, 1.807) is 12.1 Å². The monoisotopic (exact) mass is 355 g/mol. The summed E-state index contributed by atoms with van der Waals surface area (Å²) in [6.07, 6.45) is 0. The second-order valence-corrected chi connectivity index (χ2v) is 3.49. The van der Waals surface area contributed by atoms with E-state index in [4.69, 9.17) is 0 Å². The molecule has 2 amide bonds. The van der Waals surface area contributed by atoms with Crippen LogP contribution in [0.25, 0.3) is 10.8 Å². The summed E-state index contributed by atoms with van der Waals surface area (Å²) < 4.78 is 0. The van der Waals surface area contributed by atoms with Crippen LogP contribution in [-0.2, 0) is 0 Å². The van der Waals surface area contributed by atoms with Crippen LogP contribution in [0.15, 0.2) is 36.4 Å². The Labute approximate surface area is 124 Å². The van der Waals surface area contributed by atoms with Crippen LogP contribution in [0.4, 0.5) is 0 Å². The van der Waals surface area contributed by atoms with Gasteiger partial charge in [0, 0.05) is 56.5 Å². The maximum absolute atomic E-state index is 11.6. The number of carbonyl (C=O) groups is 2. The van der Waals surface area contributed by atoms with Gasteiger partial charge in [0.15, 0.2) is 0 Å². The Morgan fingerprint density at radius 2 is 1.31 bits per heavy atom. The fourth-order valence-electron chi connectivity index (χ4n) is 1.96. The molecule has 16 heavy (non-hydrogen) atoms. The molecule has 80 valence electrons. The molecule has 0 atom stereocenters. The van der Waals surface area contributed by atoms with Crippen molar-refractivity contribution in [3.05, 3.63) is 47.5 Å². The predicted molar refractivity (Wildman–Crippen MR) is 55.7 cm³/mol. The van der Waals surface area contributed by atoms with E-state index in [-0.39, 0.29) is 51.8 Å². The van der Waals surface area contributed by atoms with Crippen molar-refractivity contribution in [2.24, 2.45) is 0 Å². The van der Waals surface area contributed by atoms with Crippen molar-refractivity contribution in [3.63, 3.8) is 0 Å². The van der Waals surface area contributed by atoms with E-state index in [1.807, 2.05) is 24.3 Å². The molecule has 2 aromatic carbocycles. The molecular formula is C12H7GdNO2. The van der Waals surface area contributed by atoms with Gasteiger partial charge >= 0.3 is 0 Å². The van der Waals surface area contributed by atoms with Gasteiger partial charge < -0.3 is 0 Å². The number of carbonyl (C=O) groups excluding carboxylic acids is 2. The average molecular weight is 354 g/mol. The van der Waals surface area contributed by atoms with Gasteiger partial charge in [0.05, 0.1) is 0 Å². The number of hydrogen-bond acceptors (Lipinski definition) is 2. The first-order valence-corrected chi connectivity index (χ1v) is 4.65. The first kappa shape index (κ1) is 11.6. The van der Waals surface area contributed by atoms with Gasteiger partial charge in [-0.25, -0.2) is 0 Å². The van der Waals surface area contributed by atoms with Crippen LogP contribution < -0.4 is 5.32 Å². The molecule has 0 aliphatic carbocycles. The standard InChI is InChI=1S/C12H7NO2.Gd/c14-11-8-5-1-3-7-4-2-6-9(10(7)8)12(15)13-11;/h1-6H,(H,13,14,15);. The molecule has 3 nitrogen and oxygen atoms in total. The maximum Gasteiger partial charge on any atom is 0.258 e. The fraction of sp³-hybridized carbons (Fsp3) is 0. The van der Waals surface area contributed by atoms with E-state index in [2.05, 4.69) is 5.32 Å². The van der Waals surface area contributed by atoms with Gasteiger partial charge in [-0.1, -0.05) is 24.3 Å². The number of nitrogens with one attached hydrogen (secondary N) is 1. The summed E-state index contributed by atoms with van der Waals surface area (Å²) in [5.74, 6) is -0.631. The quantitative estimate of drug-likeness (QED) is 0.733. The first-order valence-electron chi connectivity index (χ1n) is 4.65.